The van der Waals surface area contributed by atoms with Crippen LogP contribution in [0.1, 0.15) is 0 Å². The Hall–Kier alpha value is -1.54. The van der Waals surface area contributed by atoms with Crippen LogP contribution in [0, 0.1) is 5.82 Å². The maximum absolute atomic E-state index is 13.3. The predicted molar refractivity (Wildman–Crippen MR) is 98.7 cm³/mol. The van der Waals surface area contributed by atoms with E-state index in [9.17, 15) is 17.6 Å². The van der Waals surface area contributed by atoms with E-state index < -0.39 is 28.3 Å². The molecule has 0 heterocycles. The number of carbonyl (C=O) groups excluding carboxylic acids is 1. The number of benzene rings is 2. The first kappa shape index (κ1) is 19.8. The molecule has 0 atom stereocenters. The van der Waals surface area contributed by atoms with Crippen molar-refractivity contribution in [2.24, 2.45) is 0 Å². The van der Waals surface area contributed by atoms with Crippen molar-refractivity contribution in [3.63, 3.8) is 0 Å². The molecule has 25 heavy (non-hydrogen) atoms. The molecule has 1 N–H and O–H groups in total. The van der Waals surface area contributed by atoms with Gasteiger partial charge < -0.3 is 5.32 Å². The summed E-state index contributed by atoms with van der Waals surface area (Å²) in [6.07, 6.45) is 0.927. The van der Waals surface area contributed by atoms with Crippen molar-refractivity contribution < 1.29 is 17.6 Å². The van der Waals surface area contributed by atoms with Crippen molar-refractivity contribution in [1.29, 1.82) is 0 Å². The van der Waals surface area contributed by atoms with Gasteiger partial charge in [0.05, 0.1) is 27.0 Å². The molecule has 0 aliphatic heterocycles. The van der Waals surface area contributed by atoms with Gasteiger partial charge in [0.15, 0.2) is 0 Å². The summed E-state index contributed by atoms with van der Waals surface area (Å²) in [5.74, 6) is -1.32. The number of halogens is 4. The summed E-state index contributed by atoms with van der Waals surface area (Å²) in [5, 5.41) is 2.82. The average molecular weight is 426 g/mol. The second-order valence-corrected chi connectivity index (χ2v) is 8.17. The van der Waals surface area contributed by atoms with Gasteiger partial charge in [-0.25, -0.2) is 12.8 Å². The van der Waals surface area contributed by atoms with Crippen LogP contribution >= 0.6 is 34.8 Å². The highest BCUT2D eigenvalue weighted by Gasteiger charge is 2.22. The van der Waals surface area contributed by atoms with Gasteiger partial charge in [0.2, 0.25) is 15.9 Å². The summed E-state index contributed by atoms with van der Waals surface area (Å²) in [6, 6.07) is 7.81. The Labute approximate surface area is 159 Å². The van der Waals surface area contributed by atoms with E-state index in [1.165, 1.54) is 24.3 Å². The molecule has 0 aliphatic carbocycles. The monoisotopic (exact) mass is 424 g/mol. The molecule has 10 heteroatoms. The maximum Gasteiger partial charge on any atom is 0.245 e. The molecule has 0 saturated heterocycles. The van der Waals surface area contributed by atoms with Gasteiger partial charge in [-0.15, -0.1) is 0 Å². The van der Waals surface area contributed by atoms with Gasteiger partial charge in [-0.1, -0.05) is 34.8 Å². The van der Waals surface area contributed by atoms with Crippen LogP contribution in [0.4, 0.5) is 15.8 Å². The fourth-order valence-electron chi connectivity index (χ4n) is 1.95. The third kappa shape index (κ3) is 5.22. The topological polar surface area (TPSA) is 66.5 Å². The van der Waals surface area contributed by atoms with Gasteiger partial charge in [0.25, 0.3) is 0 Å². The Kier molecular flexibility index (Phi) is 6.16. The lowest BCUT2D eigenvalue weighted by atomic mass is 10.3. The molecule has 134 valence electrons. The van der Waals surface area contributed by atoms with Crippen LogP contribution < -0.4 is 9.62 Å². The van der Waals surface area contributed by atoms with Gasteiger partial charge in [0.1, 0.15) is 12.4 Å². The number of carbonyl (C=O) groups is 1. The fraction of sp³-hybridized carbons (Fsp3) is 0.133. The number of hydrogen-bond acceptors (Lipinski definition) is 3. The quantitative estimate of drug-likeness (QED) is 0.781. The Morgan fingerprint density at radius 1 is 1.08 bits per heavy atom. The molecular formula is C15H12Cl3FN2O3S. The highest BCUT2D eigenvalue weighted by atomic mass is 35.5. The molecule has 1 amide bonds. The lowest BCUT2D eigenvalue weighted by molar-refractivity contribution is -0.114. The molecule has 0 aliphatic rings. The Balaban J connectivity index is 2.23. The predicted octanol–water partition coefficient (Wildman–Crippen LogP) is 4.19. The van der Waals surface area contributed by atoms with E-state index in [0.717, 1.165) is 22.7 Å². The highest BCUT2D eigenvalue weighted by Crippen LogP contribution is 2.26. The summed E-state index contributed by atoms with van der Waals surface area (Å²) in [6.45, 7) is -0.527. The van der Waals surface area contributed by atoms with E-state index in [1.54, 1.807) is 0 Å². The minimum Gasteiger partial charge on any atom is -0.324 e. The summed E-state index contributed by atoms with van der Waals surface area (Å²) in [7, 11) is -3.81. The van der Waals surface area contributed by atoms with E-state index >= 15 is 0 Å². The second-order valence-electron chi connectivity index (χ2n) is 5.05. The minimum absolute atomic E-state index is 0.0678. The van der Waals surface area contributed by atoms with Crippen molar-refractivity contribution >= 4 is 62.1 Å². The molecule has 2 aromatic carbocycles. The Bertz CT molecular complexity index is 922. The first-order valence-corrected chi connectivity index (χ1v) is 9.74. The SMILES string of the molecule is CS(=O)(=O)N(CC(=O)Nc1ccc(Cl)c(Cl)c1)c1ccc(F)c(Cl)c1. The van der Waals surface area contributed by atoms with Crippen LogP contribution in [0.2, 0.25) is 15.1 Å². The zero-order chi connectivity index (χ0) is 18.8. The third-order valence-electron chi connectivity index (χ3n) is 3.08. The summed E-state index contributed by atoms with van der Waals surface area (Å²) >= 11 is 17.3. The molecule has 0 unspecified atom stereocenters. The largest absolute Gasteiger partial charge is 0.324 e. The molecule has 5 nitrogen and oxygen atoms in total. The van der Waals surface area contributed by atoms with Gasteiger partial charge >= 0.3 is 0 Å². The van der Waals surface area contributed by atoms with Gasteiger partial charge in [-0.3, -0.25) is 9.10 Å². The maximum atomic E-state index is 13.3. The van der Waals surface area contributed by atoms with Gasteiger partial charge in [-0.2, -0.15) is 0 Å². The molecule has 2 aromatic rings. The van der Waals surface area contributed by atoms with E-state index in [4.69, 9.17) is 34.8 Å². The molecule has 0 saturated carbocycles. The Morgan fingerprint density at radius 2 is 1.76 bits per heavy atom. The van der Waals surface area contributed by atoms with Crippen molar-refractivity contribution in [1.82, 2.24) is 0 Å². The molecule has 0 radical (unpaired) electrons. The van der Waals surface area contributed by atoms with Crippen LogP contribution in [-0.2, 0) is 14.8 Å². The summed E-state index contributed by atoms with van der Waals surface area (Å²) < 4.78 is 38.1. The van der Waals surface area contributed by atoms with Crippen LogP contribution in [0.15, 0.2) is 36.4 Å². The van der Waals surface area contributed by atoms with Crippen molar-refractivity contribution in [3.05, 3.63) is 57.3 Å². The van der Waals surface area contributed by atoms with E-state index in [0.29, 0.717) is 10.7 Å². The summed E-state index contributed by atoms with van der Waals surface area (Å²) in [5.41, 5.74) is 0.420. The van der Waals surface area contributed by atoms with E-state index in [2.05, 4.69) is 5.32 Å². The molecular weight excluding hydrogens is 414 g/mol. The van der Waals surface area contributed by atoms with Crippen molar-refractivity contribution in [2.45, 2.75) is 0 Å². The molecule has 0 spiro atoms. The normalized spacial score (nSPS) is 11.2. The number of sulfonamides is 1. The zero-order valence-corrected chi connectivity index (χ0v) is 15.8. The van der Waals surface area contributed by atoms with E-state index in [-0.39, 0.29) is 15.7 Å². The Morgan fingerprint density at radius 3 is 2.32 bits per heavy atom. The molecule has 0 bridgehead atoms. The lowest BCUT2D eigenvalue weighted by Crippen LogP contribution is -2.37. The smallest absolute Gasteiger partial charge is 0.245 e. The molecule has 0 aromatic heterocycles. The molecule has 0 fully saturated rings. The number of nitrogens with one attached hydrogen (secondary N) is 1. The standard InChI is InChI=1S/C15H12Cl3FN2O3S/c1-25(23,24)21(10-3-5-14(19)13(18)7-10)8-15(22)20-9-2-4-11(16)12(17)6-9/h2-7H,8H2,1H3,(H,20,22). The number of amides is 1. The van der Waals surface area contributed by atoms with Gasteiger partial charge in [0, 0.05) is 5.69 Å². The fourth-order valence-corrected chi connectivity index (χ4v) is 3.27. The highest BCUT2D eigenvalue weighted by molar-refractivity contribution is 7.92. The molecule has 2 rings (SSSR count). The number of rotatable bonds is 5. The lowest BCUT2D eigenvalue weighted by Gasteiger charge is -2.22. The van der Waals surface area contributed by atoms with Crippen molar-refractivity contribution in [3.8, 4) is 0 Å². The average Bonchev–Trinajstić information content (AvgIpc) is 2.50. The number of hydrogen-bond donors (Lipinski definition) is 1. The van der Waals surface area contributed by atoms with Gasteiger partial charge in [-0.05, 0) is 36.4 Å². The van der Waals surface area contributed by atoms with Crippen LogP contribution in [0.5, 0.6) is 0 Å². The van der Waals surface area contributed by atoms with Crippen LogP contribution in [0.25, 0.3) is 0 Å². The summed E-state index contributed by atoms with van der Waals surface area (Å²) in [4.78, 5) is 12.2. The van der Waals surface area contributed by atoms with Crippen molar-refractivity contribution in [2.75, 3.05) is 22.4 Å². The number of nitrogens with zero attached hydrogens (tertiary/aromatic N) is 1. The second kappa shape index (κ2) is 7.78. The van der Waals surface area contributed by atoms with E-state index in [1.807, 2.05) is 0 Å². The van der Waals surface area contributed by atoms with Crippen LogP contribution in [0.3, 0.4) is 0 Å². The zero-order valence-electron chi connectivity index (χ0n) is 12.8. The minimum atomic E-state index is -3.81. The first-order chi connectivity index (χ1) is 11.6. The van der Waals surface area contributed by atoms with Crippen LogP contribution in [-0.4, -0.2) is 27.1 Å². The number of anilines is 2. The first-order valence-electron chi connectivity index (χ1n) is 6.75. The third-order valence-corrected chi connectivity index (χ3v) is 5.25.